The molecule has 0 aliphatic carbocycles. The minimum Gasteiger partial charge on any atom is -0.330 e. The molecular formula is C16H32N4O. The minimum atomic E-state index is 0.277. The van der Waals surface area contributed by atoms with E-state index in [9.17, 15) is 4.79 Å². The Labute approximate surface area is 129 Å². The first-order chi connectivity index (χ1) is 10.3. The number of amides is 2. The standard InChI is InChI=1S/C16H32N4O/c17-8-4-3-5-9-18-12-14-20(15-13-18)16(21)19-10-6-1-2-7-11-19/h1-15,17H2. The van der Waals surface area contributed by atoms with E-state index in [2.05, 4.69) is 14.7 Å². The molecule has 2 N–H and O–H groups in total. The van der Waals surface area contributed by atoms with E-state index in [1.807, 2.05) is 0 Å². The van der Waals surface area contributed by atoms with Gasteiger partial charge in [-0.1, -0.05) is 19.3 Å². The first kappa shape index (κ1) is 16.6. The predicted molar refractivity (Wildman–Crippen MR) is 86.4 cm³/mol. The lowest BCUT2D eigenvalue weighted by molar-refractivity contribution is 0.112. The van der Waals surface area contributed by atoms with Crippen LogP contribution in [0.3, 0.4) is 0 Å². The molecule has 5 nitrogen and oxygen atoms in total. The van der Waals surface area contributed by atoms with Gasteiger partial charge >= 0.3 is 6.03 Å². The third kappa shape index (κ3) is 5.47. The number of nitrogens with zero attached hydrogens (tertiary/aromatic N) is 3. The van der Waals surface area contributed by atoms with Crippen LogP contribution in [-0.2, 0) is 0 Å². The molecule has 5 heteroatoms. The maximum atomic E-state index is 12.5. The Morgan fingerprint density at radius 3 is 2.00 bits per heavy atom. The Morgan fingerprint density at radius 1 is 0.762 bits per heavy atom. The number of rotatable bonds is 5. The van der Waals surface area contributed by atoms with Gasteiger partial charge in [0.05, 0.1) is 0 Å². The Hall–Kier alpha value is -0.810. The highest BCUT2D eigenvalue weighted by Gasteiger charge is 2.25. The summed E-state index contributed by atoms with van der Waals surface area (Å²) in [6, 6.07) is 0.277. The molecule has 2 aliphatic rings. The van der Waals surface area contributed by atoms with Crippen molar-refractivity contribution < 1.29 is 4.79 Å². The Morgan fingerprint density at radius 2 is 1.38 bits per heavy atom. The maximum absolute atomic E-state index is 12.5. The van der Waals surface area contributed by atoms with Crippen molar-refractivity contribution in [1.29, 1.82) is 0 Å². The van der Waals surface area contributed by atoms with Crippen LogP contribution in [0.25, 0.3) is 0 Å². The molecule has 0 bridgehead atoms. The summed E-state index contributed by atoms with van der Waals surface area (Å²) in [6.07, 6.45) is 8.49. The number of carbonyl (C=O) groups excluding carboxylic acids is 1. The molecule has 2 fully saturated rings. The Balaban J connectivity index is 1.66. The first-order valence-corrected chi connectivity index (χ1v) is 8.77. The van der Waals surface area contributed by atoms with E-state index in [0.29, 0.717) is 0 Å². The summed E-state index contributed by atoms with van der Waals surface area (Å²) in [5.74, 6) is 0. The quantitative estimate of drug-likeness (QED) is 0.786. The highest BCUT2D eigenvalue weighted by molar-refractivity contribution is 5.74. The number of nitrogens with two attached hydrogens (primary N) is 1. The van der Waals surface area contributed by atoms with Gasteiger partial charge in [-0.3, -0.25) is 4.90 Å². The molecule has 0 aromatic rings. The Bertz CT molecular complexity index is 295. The lowest BCUT2D eigenvalue weighted by Crippen LogP contribution is -2.53. The van der Waals surface area contributed by atoms with Gasteiger partial charge in [0, 0.05) is 39.3 Å². The number of hydrogen-bond donors (Lipinski definition) is 1. The molecule has 2 rings (SSSR count). The molecular weight excluding hydrogens is 264 g/mol. The van der Waals surface area contributed by atoms with E-state index >= 15 is 0 Å². The largest absolute Gasteiger partial charge is 0.330 e. The molecule has 2 amide bonds. The average Bonchev–Trinajstić information content (AvgIpc) is 2.81. The molecule has 0 atom stereocenters. The van der Waals surface area contributed by atoms with Crippen molar-refractivity contribution in [2.75, 3.05) is 52.4 Å². The summed E-state index contributed by atoms with van der Waals surface area (Å²) in [6.45, 7) is 7.73. The molecule has 2 aliphatic heterocycles. The van der Waals surface area contributed by atoms with Crippen molar-refractivity contribution in [2.45, 2.75) is 44.9 Å². The fourth-order valence-corrected chi connectivity index (χ4v) is 3.28. The van der Waals surface area contributed by atoms with Crippen LogP contribution in [0.1, 0.15) is 44.9 Å². The van der Waals surface area contributed by atoms with Crippen LogP contribution in [0.5, 0.6) is 0 Å². The number of likely N-dealkylation sites (tertiary alicyclic amines) is 1. The third-order valence-corrected chi connectivity index (χ3v) is 4.70. The van der Waals surface area contributed by atoms with E-state index < -0.39 is 0 Å². The molecule has 122 valence electrons. The summed E-state index contributed by atoms with van der Waals surface area (Å²) in [5, 5.41) is 0. The number of carbonyl (C=O) groups is 1. The third-order valence-electron chi connectivity index (χ3n) is 4.70. The number of hydrogen-bond acceptors (Lipinski definition) is 3. The van der Waals surface area contributed by atoms with Crippen LogP contribution in [0.2, 0.25) is 0 Å². The van der Waals surface area contributed by atoms with Crippen LogP contribution in [0, 0.1) is 0 Å². The lowest BCUT2D eigenvalue weighted by Gasteiger charge is -2.37. The van der Waals surface area contributed by atoms with E-state index in [-0.39, 0.29) is 6.03 Å². The zero-order valence-electron chi connectivity index (χ0n) is 13.4. The molecule has 0 radical (unpaired) electrons. The van der Waals surface area contributed by atoms with Gasteiger partial charge in [0.2, 0.25) is 0 Å². The molecule has 2 heterocycles. The van der Waals surface area contributed by atoms with Crippen molar-refractivity contribution in [3.05, 3.63) is 0 Å². The highest BCUT2D eigenvalue weighted by atomic mass is 16.2. The minimum absolute atomic E-state index is 0.277. The second-order valence-electron chi connectivity index (χ2n) is 6.36. The molecule has 0 unspecified atom stereocenters. The van der Waals surface area contributed by atoms with Crippen molar-refractivity contribution >= 4 is 6.03 Å². The second kappa shape index (κ2) is 9.26. The molecule has 21 heavy (non-hydrogen) atoms. The van der Waals surface area contributed by atoms with Gasteiger partial charge in [-0.25, -0.2) is 4.79 Å². The number of unbranched alkanes of at least 4 members (excludes halogenated alkanes) is 2. The van der Waals surface area contributed by atoms with Gasteiger partial charge in [0.25, 0.3) is 0 Å². The van der Waals surface area contributed by atoms with Crippen LogP contribution < -0.4 is 5.73 Å². The van der Waals surface area contributed by atoms with Crippen LogP contribution in [-0.4, -0.2) is 73.1 Å². The summed E-state index contributed by atoms with van der Waals surface area (Å²) in [7, 11) is 0. The van der Waals surface area contributed by atoms with E-state index in [1.165, 1.54) is 38.5 Å². The number of urea groups is 1. The maximum Gasteiger partial charge on any atom is 0.320 e. The monoisotopic (exact) mass is 296 g/mol. The molecule has 2 saturated heterocycles. The van der Waals surface area contributed by atoms with Gasteiger partial charge in [0.15, 0.2) is 0 Å². The topological polar surface area (TPSA) is 52.8 Å². The van der Waals surface area contributed by atoms with Gasteiger partial charge in [0.1, 0.15) is 0 Å². The smallest absolute Gasteiger partial charge is 0.320 e. The fraction of sp³-hybridized carbons (Fsp3) is 0.938. The predicted octanol–water partition coefficient (Wildman–Crippen LogP) is 1.73. The van der Waals surface area contributed by atoms with Crippen molar-refractivity contribution in [3.8, 4) is 0 Å². The molecule has 0 aromatic carbocycles. The highest BCUT2D eigenvalue weighted by Crippen LogP contribution is 2.13. The zero-order valence-corrected chi connectivity index (χ0v) is 13.4. The van der Waals surface area contributed by atoms with Gasteiger partial charge in [-0.05, 0) is 38.8 Å². The average molecular weight is 296 g/mol. The van der Waals surface area contributed by atoms with Crippen molar-refractivity contribution in [2.24, 2.45) is 5.73 Å². The summed E-state index contributed by atoms with van der Waals surface area (Å²) in [4.78, 5) is 19.2. The van der Waals surface area contributed by atoms with E-state index in [4.69, 9.17) is 5.73 Å². The SMILES string of the molecule is NCCCCCN1CCN(C(=O)N2CCCCCC2)CC1. The summed E-state index contributed by atoms with van der Waals surface area (Å²) in [5.41, 5.74) is 5.52. The van der Waals surface area contributed by atoms with E-state index in [0.717, 1.165) is 58.8 Å². The van der Waals surface area contributed by atoms with Gasteiger partial charge in [-0.15, -0.1) is 0 Å². The van der Waals surface area contributed by atoms with Crippen LogP contribution in [0.15, 0.2) is 0 Å². The fourth-order valence-electron chi connectivity index (χ4n) is 3.28. The van der Waals surface area contributed by atoms with E-state index in [1.54, 1.807) is 0 Å². The second-order valence-corrected chi connectivity index (χ2v) is 6.36. The summed E-state index contributed by atoms with van der Waals surface area (Å²) < 4.78 is 0. The Kier molecular flexibility index (Phi) is 7.30. The van der Waals surface area contributed by atoms with Crippen molar-refractivity contribution in [1.82, 2.24) is 14.7 Å². The first-order valence-electron chi connectivity index (χ1n) is 8.77. The van der Waals surface area contributed by atoms with Gasteiger partial charge in [-0.2, -0.15) is 0 Å². The summed E-state index contributed by atoms with van der Waals surface area (Å²) >= 11 is 0. The molecule has 0 spiro atoms. The van der Waals surface area contributed by atoms with Crippen LogP contribution in [0.4, 0.5) is 4.79 Å². The normalized spacial score (nSPS) is 21.4. The van der Waals surface area contributed by atoms with Crippen molar-refractivity contribution in [3.63, 3.8) is 0 Å². The van der Waals surface area contributed by atoms with Crippen LogP contribution >= 0.6 is 0 Å². The molecule has 0 aromatic heterocycles. The molecule has 0 saturated carbocycles. The lowest BCUT2D eigenvalue weighted by atomic mass is 10.2. The van der Waals surface area contributed by atoms with Gasteiger partial charge < -0.3 is 15.5 Å². The number of piperazine rings is 1. The zero-order chi connectivity index (χ0) is 14.9.